The zero-order chi connectivity index (χ0) is 20.3. The minimum atomic E-state index is -0.428. The average molecular weight is 438 g/mol. The van der Waals surface area contributed by atoms with E-state index in [1.807, 2.05) is 45.0 Å². The van der Waals surface area contributed by atoms with Gasteiger partial charge in [0.25, 0.3) is 5.91 Å². The number of amides is 1. The Morgan fingerprint density at radius 2 is 2.07 bits per heavy atom. The second kappa shape index (κ2) is 8.32. The molecule has 1 aromatic carbocycles. The van der Waals surface area contributed by atoms with Gasteiger partial charge in [0.05, 0.1) is 12.8 Å². The molecule has 0 saturated heterocycles. The van der Waals surface area contributed by atoms with Crippen LogP contribution in [-0.4, -0.2) is 10.5 Å². The fourth-order valence-electron chi connectivity index (χ4n) is 3.08. The van der Waals surface area contributed by atoms with E-state index in [0.29, 0.717) is 5.76 Å². The quantitative estimate of drug-likeness (QED) is 0.451. The lowest BCUT2D eigenvalue weighted by Crippen LogP contribution is -2.23. The van der Waals surface area contributed by atoms with Gasteiger partial charge in [0, 0.05) is 21.5 Å². The molecule has 0 unspecified atom stereocenters. The fraction of sp³-hybridized carbons (Fsp3) is 0.182. The lowest BCUT2D eigenvalue weighted by atomic mass is 10.1. The summed E-state index contributed by atoms with van der Waals surface area (Å²) in [5, 5.41) is 12.2. The molecular formula is C22H20BrN3O2. The van der Waals surface area contributed by atoms with Gasteiger partial charge in [-0.2, -0.15) is 5.26 Å². The summed E-state index contributed by atoms with van der Waals surface area (Å²) in [7, 11) is 0. The molecule has 0 saturated carbocycles. The number of nitrogens with one attached hydrogen (secondary N) is 1. The Balaban J connectivity index is 1.89. The van der Waals surface area contributed by atoms with Gasteiger partial charge in [0.15, 0.2) is 0 Å². The van der Waals surface area contributed by atoms with E-state index < -0.39 is 5.91 Å². The predicted octanol–water partition coefficient (Wildman–Crippen LogP) is 4.98. The highest BCUT2D eigenvalue weighted by Crippen LogP contribution is 2.26. The zero-order valence-electron chi connectivity index (χ0n) is 15.9. The summed E-state index contributed by atoms with van der Waals surface area (Å²) in [6, 6.07) is 13.6. The molecule has 5 nitrogen and oxygen atoms in total. The van der Waals surface area contributed by atoms with Crippen LogP contribution in [0.15, 0.2) is 57.1 Å². The van der Waals surface area contributed by atoms with Gasteiger partial charge in [-0.3, -0.25) is 4.79 Å². The lowest BCUT2D eigenvalue weighted by Gasteiger charge is -2.11. The minimum Gasteiger partial charge on any atom is -0.467 e. The Morgan fingerprint density at radius 1 is 1.29 bits per heavy atom. The number of aromatic nitrogens is 1. The fourth-order valence-corrected chi connectivity index (χ4v) is 3.33. The number of furan rings is 1. The third kappa shape index (κ3) is 4.10. The maximum atomic E-state index is 12.4. The maximum Gasteiger partial charge on any atom is 0.262 e. The Hall–Kier alpha value is -3.04. The number of hydrogen-bond donors (Lipinski definition) is 1. The predicted molar refractivity (Wildman–Crippen MR) is 112 cm³/mol. The van der Waals surface area contributed by atoms with Crippen molar-refractivity contribution in [3.8, 4) is 11.8 Å². The molecule has 3 rings (SSSR count). The molecule has 0 atom stereocenters. The summed E-state index contributed by atoms with van der Waals surface area (Å²) >= 11 is 3.53. The van der Waals surface area contributed by atoms with Crippen molar-refractivity contribution >= 4 is 27.9 Å². The molecule has 0 aliphatic heterocycles. The molecular weight excluding hydrogens is 418 g/mol. The van der Waals surface area contributed by atoms with Crippen LogP contribution in [0.3, 0.4) is 0 Å². The van der Waals surface area contributed by atoms with Gasteiger partial charge >= 0.3 is 0 Å². The van der Waals surface area contributed by atoms with Gasteiger partial charge in [-0.25, -0.2) is 0 Å². The lowest BCUT2D eigenvalue weighted by molar-refractivity contribution is -0.117. The van der Waals surface area contributed by atoms with Gasteiger partial charge in [0.1, 0.15) is 17.4 Å². The first-order valence-electron chi connectivity index (χ1n) is 8.78. The topological polar surface area (TPSA) is 71.0 Å². The normalized spacial score (nSPS) is 11.3. The van der Waals surface area contributed by atoms with Crippen LogP contribution in [0.1, 0.15) is 28.3 Å². The maximum absolute atomic E-state index is 12.4. The van der Waals surface area contributed by atoms with Crippen LogP contribution < -0.4 is 5.32 Å². The van der Waals surface area contributed by atoms with Crippen LogP contribution in [0.5, 0.6) is 0 Å². The molecule has 0 fully saturated rings. The highest BCUT2D eigenvalue weighted by molar-refractivity contribution is 9.10. The van der Waals surface area contributed by atoms with Gasteiger partial charge < -0.3 is 14.3 Å². The van der Waals surface area contributed by atoms with Crippen molar-refractivity contribution in [3.05, 3.63) is 81.0 Å². The highest BCUT2D eigenvalue weighted by Gasteiger charge is 2.14. The van der Waals surface area contributed by atoms with Crippen LogP contribution >= 0.6 is 15.9 Å². The number of halogens is 1. The van der Waals surface area contributed by atoms with Gasteiger partial charge in [-0.15, -0.1) is 0 Å². The third-order valence-corrected chi connectivity index (χ3v) is 5.43. The van der Waals surface area contributed by atoms with Crippen molar-refractivity contribution < 1.29 is 9.21 Å². The molecule has 1 amide bonds. The number of rotatable bonds is 5. The van der Waals surface area contributed by atoms with E-state index in [2.05, 4.69) is 31.9 Å². The van der Waals surface area contributed by atoms with Crippen LogP contribution in [0, 0.1) is 32.1 Å². The van der Waals surface area contributed by atoms with E-state index in [9.17, 15) is 10.1 Å². The van der Waals surface area contributed by atoms with Crippen molar-refractivity contribution in [2.45, 2.75) is 27.3 Å². The smallest absolute Gasteiger partial charge is 0.262 e. The Labute approximate surface area is 172 Å². The van der Waals surface area contributed by atoms with Crippen molar-refractivity contribution in [3.63, 3.8) is 0 Å². The number of benzene rings is 1. The van der Waals surface area contributed by atoms with Crippen molar-refractivity contribution in [2.75, 3.05) is 0 Å². The zero-order valence-corrected chi connectivity index (χ0v) is 17.5. The van der Waals surface area contributed by atoms with E-state index in [1.54, 1.807) is 24.5 Å². The highest BCUT2D eigenvalue weighted by atomic mass is 79.9. The molecule has 0 radical (unpaired) electrons. The second-order valence-corrected chi connectivity index (χ2v) is 7.38. The molecule has 28 heavy (non-hydrogen) atoms. The number of aryl methyl sites for hydroxylation is 2. The van der Waals surface area contributed by atoms with E-state index in [1.165, 1.54) is 0 Å². The number of nitriles is 1. The van der Waals surface area contributed by atoms with E-state index in [-0.39, 0.29) is 12.1 Å². The summed E-state index contributed by atoms with van der Waals surface area (Å²) in [5.74, 6) is 0.206. The van der Waals surface area contributed by atoms with Crippen LogP contribution in [-0.2, 0) is 11.3 Å². The largest absolute Gasteiger partial charge is 0.467 e. The van der Waals surface area contributed by atoms with Crippen LogP contribution in [0.4, 0.5) is 0 Å². The summed E-state index contributed by atoms with van der Waals surface area (Å²) in [4.78, 5) is 12.4. The van der Waals surface area contributed by atoms with E-state index >= 15 is 0 Å². The van der Waals surface area contributed by atoms with Gasteiger partial charge in [-0.1, -0.05) is 15.9 Å². The molecule has 0 aliphatic rings. The molecule has 0 aliphatic carbocycles. The Bertz CT molecular complexity index is 1090. The summed E-state index contributed by atoms with van der Waals surface area (Å²) < 4.78 is 8.36. The Morgan fingerprint density at radius 3 is 2.71 bits per heavy atom. The van der Waals surface area contributed by atoms with Crippen LogP contribution in [0.25, 0.3) is 11.8 Å². The standard InChI is InChI=1S/C22H20BrN3O2/c1-14-9-19(6-7-21(14)23)26-15(2)10-17(16(26)3)11-18(12-24)22(27)25-13-20-5-4-8-28-20/h4-11H,13H2,1-3H3,(H,25,27)/b18-11-. The van der Waals surface area contributed by atoms with Crippen molar-refractivity contribution in [1.82, 2.24) is 9.88 Å². The molecule has 6 heteroatoms. The first-order valence-corrected chi connectivity index (χ1v) is 9.58. The minimum absolute atomic E-state index is 0.0544. The summed E-state index contributed by atoms with van der Waals surface area (Å²) in [5.41, 5.74) is 5.05. The second-order valence-electron chi connectivity index (χ2n) is 6.53. The molecule has 142 valence electrons. The van der Waals surface area contributed by atoms with Crippen molar-refractivity contribution in [1.29, 1.82) is 5.26 Å². The van der Waals surface area contributed by atoms with Gasteiger partial charge in [0.2, 0.25) is 0 Å². The first-order chi connectivity index (χ1) is 13.4. The molecule has 0 spiro atoms. The number of hydrogen-bond acceptors (Lipinski definition) is 3. The molecule has 0 bridgehead atoms. The number of nitrogens with zero attached hydrogens (tertiary/aromatic N) is 2. The summed E-state index contributed by atoms with van der Waals surface area (Å²) in [6.45, 7) is 6.26. The van der Waals surface area contributed by atoms with E-state index in [0.717, 1.165) is 32.7 Å². The molecule has 3 aromatic rings. The number of carbonyl (C=O) groups excluding carboxylic acids is 1. The average Bonchev–Trinajstić information content (AvgIpc) is 3.28. The third-order valence-electron chi connectivity index (χ3n) is 4.54. The Kier molecular flexibility index (Phi) is 5.86. The van der Waals surface area contributed by atoms with E-state index in [4.69, 9.17) is 4.42 Å². The SMILES string of the molecule is Cc1cc(-n2c(C)cc(/C=C(/C#N)C(=O)NCc3ccco3)c2C)ccc1Br. The first kappa shape index (κ1) is 19.7. The summed E-state index contributed by atoms with van der Waals surface area (Å²) in [6.07, 6.45) is 3.17. The van der Waals surface area contributed by atoms with Crippen LogP contribution in [0.2, 0.25) is 0 Å². The van der Waals surface area contributed by atoms with Crippen molar-refractivity contribution in [2.24, 2.45) is 0 Å². The molecule has 2 aromatic heterocycles. The number of carbonyl (C=O) groups is 1. The van der Waals surface area contributed by atoms with Gasteiger partial charge in [-0.05, 0) is 74.4 Å². The monoisotopic (exact) mass is 437 g/mol. The molecule has 1 N–H and O–H groups in total. The molecule has 2 heterocycles.